The normalized spacial score (nSPS) is 11.0. The van der Waals surface area contributed by atoms with E-state index in [1.807, 2.05) is 50.2 Å². The lowest BCUT2D eigenvalue weighted by molar-refractivity contribution is 0.157. The van der Waals surface area contributed by atoms with Crippen molar-refractivity contribution >= 4 is 17.0 Å². The second-order valence-corrected chi connectivity index (χ2v) is 8.51. The largest absolute Gasteiger partial charge is 0.497 e. The summed E-state index contributed by atoms with van der Waals surface area (Å²) in [5.74, 6) is 1.34. The highest BCUT2D eigenvalue weighted by atomic mass is 16.6. The zero-order valence-electron chi connectivity index (χ0n) is 20.6. The molecule has 0 aliphatic rings. The van der Waals surface area contributed by atoms with Crippen molar-refractivity contribution in [2.45, 2.75) is 34.2 Å². The van der Waals surface area contributed by atoms with Crippen LogP contribution in [0.2, 0.25) is 0 Å². The van der Waals surface area contributed by atoms with Gasteiger partial charge in [0.15, 0.2) is 0 Å². The zero-order valence-corrected chi connectivity index (χ0v) is 20.6. The third-order valence-electron chi connectivity index (χ3n) is 6.36. The van der Waals surface area contributed by atoms with Gasteiger partial charge in [-0.3, -0.25) is 0 Å². The first-order chi connectivity index (χ1) is 16.4. The van der Waals surface area contributed by atoms with Gasteiger partial charge in [-0.25, -0.2) is 4.79 Å². The Bertz CT molecular complexity index is 1300. The lowest BCUT2D eigenvalue weighted by Gasteiger charge is -2.20. The van der Waals surface area contributed by atoms with Gasteiger partial charge in [-0.05, 0) is 74.7 Å². The highest BCUT2D eigenvalue weighted by Gasteiger charge is 2.19. The summed E-state index contributed by atoms with van der Waals surface area (Å²) in [6, 6.07) is 20.5. The minimum atomic E-state index is -0.339. The Morgan fingerprint density at radius 1 is 0.941 bits per heavy atom. The number of carbonyl (C=O) groups excluding carboxylic acids is 1. The molecular weight excluding hydrogens is 424 g/mol. The fraction of sp³-hybridized carbons (Fsp3) is 0.276. The Kier molecular flexibility index (Phi) is 6.92. The average Bonchev–Trinajstić information content (AvgIpc) is 3.25. The number of aryl methyl sites for hydroxylation is 2. The Hall–Kier alpha value is -3.73. The molecule has 0 unspecified atom stereocenters. The summed E-state index contributed by atoms with van der Waals surface area (Å²) < 4.78 is 13.5. The van der Waals surface area contributed by atoms with E-state index in [2.05, 4.69) is 48.9 Å². The summed E-state index contributed by atoms with van der Waals surface area (Å²) in [7, 11) is 1.65. The van der Waals surface area contributed by atoms with Gasteiger partial charge in [-0.15, -0.1) is 0 Å². The molecule has 176 valence electrons. The second-order valence-electron chi connectivity index (χ2n) is 8.51. The summed E-state index contributed by atoms with van der Waals surface area (Å²) >= 11 is 0. The first kappa shape index (κ1) is 23.4. The Morgan fingerprint density at radius 3 is 2.35 bits per heavy atom. The topological polar surface area (TPSA) is 43.7 Å². The van der Waals surface area contributed by atoms with Gasteiger partial charge in [0, 0.05) is 42.3 Å². The molecule has 1 aromatic heterocycles. The van der Waals surface area contributed by atoms with Crippen molar-refractivity contribution < 1.29 is 14.3 Å². The van der Waals surface area contributed by atoms with Crippen LogP contribution in [0.5, 0.6) is 11.5 Å². The summed E-state index contributed by atoms with van der Waals surface area (Å²) in [6.45, 7) is 10.1. The highest BCUT2D eigenvalue weighted by Crippen LogP contribution is 2.39. The predicted octanol–water partition coefficient (Wildman–Crippen LogP) is 6.82. The van der Waals surface area contributed by atoms with Crippen molar-refractivity contribution in [3.05, 3.63) is 83.6 Å². The van der Waals surface area contributed by atoms with Crippen molar-refractivity contribution in [1.29, 1.82) is 0 Å². The minimum Gasteiger partial charge on any atom is -0.497 e. The van der Waals surface area contributed by atoms with Crippen molar-refractivity contribution in [1.82, 2.24) is 9.47 Å². The number of nitrogens with zero attached hydrogens (tertiary/aromatic N) is 2. The molecule has 4 rings (SSSR count). The van der Waals surface area contributed by atoms with E-state index >= 15 is 0 Å². The summed E-state index contributed by atoms with van der Waals surface area (Å²) in [5, 5.41) is 1.04. The van der Waals surface area contributed by atoms with Crippen molar-refractivity contribution in [2.75, 3.05) is 20.2 Å². The van der Waals surface area contributed by atoms with Gasteiger partial charge < -0.3 is 18.9 Å². The van der Waals surface area contributed by atoms with E-state index < -0.39 is 0 Å². The van der Waals surface area contributed by atoms with Crippen LogP contribution in [-0.2, 0) is 6.54 Å². The molecule has 0 radical (unpaired) electrons. The molecule has 1 amide bonds. The van der Waals surface area contributed by atoms with Crippen LogP contribution in [0.15, 0.2) is 66.9 Å². The van der Waals surface area contributed by atoms with E-state index in [1.165, 1.54) is 16.7 Å². The first-order valence-corrected chi connectivity index (χ1v) is 11.7. The number of methoxy groups -OCH3 is 1. The second kappa shape index (κ2) is 10.0. The summed E-state index contributed by atoms with van der Waals surface area (Å²) in [5.41, 5.74) is 6.78. The molecule has 34 heavy (non-hydrogen) atoms. The van der Waals surface area contributed by atoms with Crippen LogP contribution in [0.4, 0.5) is 4.79 Å². The van der Waals surface area contributed by atoms with Crippen LogP contribution in [0, 0.1) is 13.8 Å². The van der Waals surface area contributed by atoms with Gasteiger partial charge >= 0.3 is 6.09 Å². The van der Waals surface area contributed by atoms with E-state index in [9.17, 15) is 4.79 Å². The standard InChI is InChI=1S/C29H32N2O3/c1-6-30(7-2)29(32)34-27-15-14-26-25(28(27)22-10-12-24(33-5)13-11-22)16-17-31(26)19-23-18-20(3)8-9-21(23)4/h8-18H,6-7,19H2,1-5H3. The van der Waals surface area contributed by atoms with Crippen LogP contribution < -0.4 is 9.47 Å². The maximum atomic E-state index is 12.8. The van der Waals surface area contributed by atoms with Crippen molar-refractivity contribution in [2.24, 2.45) is 0 Å². The highest BCUT2D eigenvalue weighted by molar-refractivity contribution is 5.99. The zero-order chi connectivity index (χ0) is 24.2. The van der Waals surface area contributed by atoms with Gasteiger partial charge in [-0.2, -0.15) is 0 Å². The van der Waals surface area contributed by atoms with E-state index in [0.29, 0.717) is 18.8 Å². The minimum absolute atomic E-state index is 0.339. The number of hydrogen-bond acceptors (Lipinski definition) is 3. The third kappa shape index (κ3) is 4.65. The third-order valence-corrected chi connectivity index (χ3v) is 6.36. The van der Waals surface area contributed by atoms with Crippen LogP contribution in [-0.4, -0.2) is 35.8 Å². The van der Waals surface area contributed by atoms with Gasteiger partial charge in [0.25, 0.3) is 0 Å². The molecule has 4 aromatic rings. The van der Waals surface area contributed by atoms with E-state index in [-0.39, 0.29) is 6.09 Å². The molecule has 0 aliphatic heterocycles. The van der Waals surface area contributed by atoms with Crippen LogP contribution >= 0.6 is 0 Å². The molecule has 3 aromatic carbocycles. The van der Waals surface area contributed by atoms with Crippen LogP contribution in [0.1, 0.15) is 30.5 Å². The maximum Gasteiger partial charge on any atom is 0.415 e. The van der Waals surface area contributed by atoms with Gasteiger partial charge in [-0.1, -0.05) is 35.9 Å². The van der Waals surface area contributed by atoms with Gasteiger partial charge in [0.05, 0.1) is 7.11 Å². The maximum absolute atomic E-state index is 12.8. The van der Waals surface area contributed by atoms with Crippen molar-refractivity contribution in [3.8, 4) is 22.6 Å². The number of carbonyl (C=O) groups is 1. The lowest BCUT2D eigenvalue weighted by Crippen LogP contribution is -2.33. The number of hydrogen-bond donors (Lipinski definition) is 0. The number of fused-ring (bicyclic) bond motifs is 1. The molecule has 0 atom stereocenters. The van der Waals surface area contributed by atoms with E-state index in [4.69, 9.17) is 9.47 Å². The number of ether oxygens (including phenoxy) is 2. The molecule has 0 fully saturated rings. The lowest BCUT2D eigenvalue weighted by atomic mass is 10.00. The Morgan fingerprint density at radius 2 is 1.68 bits per heavy atom. The number of aromatic nitrogens is 1. The quantitative estimate of drug-likeness (QED) is 0.306. The molecule has 5 heteroatoms. The predicted molar refractivity (Wildman–Crippen MR) is 138 cm³/mol. The van der Waals surface area contributed by atoms with Crippen LogP contribution in [0.25, 0.3) is 22.0 Å². The molecule has 0 saturated heterocycles. The molecule has 1 heterocycles. The molecule has 0 aliphatic carbocycles. The molecular formula is C29H32N2O3. The summed E-state index contributed by atoms with van der Waals surface area (Å²) in [6.07, 6.45) is 1.77. The van der Waals surface area contributed by atoms with E-state index in [0.717, 1.165) is 34.3 Å². The Balaban J connectivity index is 1.82. The number of rotatable bonds is 7. The molecule has 0 N–H and O–H groups in total. The Labute approximate surface area is 201 Å². The number of amides is 1. The summed E-state index contributed by atoms with van der Waals surface area (Å²) in [4.78, 5) is 14.5. The fourth-order valence-corrected chi connectivity index (χ4v) is 4.33. The fourth-order valence-electron chi connectivity index (χ4n) is 4.33. The monoisotopic (exact) mass is 456 g/mol. The molecule has 5 nitrogen and oxygen atoms in total. The first-order valence-electron chi connectivity index (χ1n) is 11.7. The van der Waals surface area contributed by atoms with Gasteiger partial charge in [0.2, 0.25) is 0 Å². The van der Waals surface area contributed by atoms with Crippen LogP contribution in [0.3, 0.4) is 0 Å². The SMILES string of the molecule is CCN(CC)C(=O)Oc1ccc2c(ccn2Cc2cc(C)ccc2C)c1-c1ccc(OC)cc1. The molecule has 0 bridgehead atoms. The van der Waals surface area contributed by atoms with Gasteiger partial charge in [0.1, 0.15) is 11.5 Å². The molecule has 0 saturated carbocycles. The van der Waals surface area contributed by atoms with Crippen molar-refractivity contribution in [3.63, 3.8) is 0 Å². The number of benzene rings is 3. The molecule has 0 spiro atoms. The average molecular weight is 457 g/mol. The smallest absolute Gasteiger partial charge is 0.415 e. The van der Waals surface area contributed by atoms with E-state index in [1.54, 1.807) is 12.0 Å².